The van der Waals surface area contributed by atoms with Gasteiger partial charge in [-0.2, -0.15) is 0 Å². The average molecular weight is 366 g/mol. The van der Waals surface area contributed by atoms with Crippen molar-refractivity contribution < 1.29 is 9.30 Å². The van der Waals surface area contributed by atoms with Crippen LogP contribution >= 0.6 is 0 Å². The predicted octanol–water partition coefficient (Wildman–Crippen LogP) is 5.70. The molecule has 1 heterocycles. The highest BCUT2D eigenvalue weighted by Crippen LogP contribution is 2.12. The Morgan fingerprint density at radius 1 is 0.815 bits per heavy atom. The molecule has 144 valence electrons. The lowest BCUT2D eigenvalue weighted by Crippen LogP contribution is -2.32. The lowest BCUT2D eigenvalue weighted by Gasteiger charge is -2.03. The summed E-state index contributed by atoms with van der Waals surface area (Å²) in [4.78, 5) is 0. The molecule has 0 N–H and O–H groups in total. The topological polar surface area (TPSA) is 18.0 Å². The van der Waals surface area contributed by atoms with E-state index in [0.717, 1.165) is 19.6 Å². The van der Waals surface area contributed by atoms with Gasteiger partial charge in [-0.3, -0.25) is 0 Å². The Hall–Kier alpha value is -2.13. The molecule has 0 atom stereocenters. The van der Waals surface area contributed by atoms with Gasteiger partial charge in [0.15, 0.2) is 17.8 Å². The second-order valence-electron chi connectivity index (χ2n) is 7.35. The number of imidazole rings is 1. The van der Waals surface area contributed by atoms with Crippen LogP contribution in [0.25, 0.3) is 11.0 Å². The van der Waals surface area contributed by atoms with Crippen molar-refractivity contribution in [3.63, 3.8) is 0 Å². The first-order valence-corrected chi connectivity index (χ1v) is 10.5. The number of hydrogen-bond acceptors (Lipinski definition) is 1. The van der Waals surface area contributed by atoms with E-state index in [1.54, 1.807) is 0 Å². The van der Waals surface area contributed by atoms with Crippen molar-refractivity contribution in [3.8, 4) is 0 Å². The third-order valence-electron chi connectivity index (χ3n) is 5.10. The predicted molar refractivity (Wildman–Crippen MR) is 112 cm³/mol. The third-order valence-corrected chi connectivity index (χ3v) is 5.10. The van der Waals surface area contributed by atoms with Crippen molar-refractivity contribution in [1.82, 2.24) is 4.57 Å². The molecule has 0 amide bonds. The van der Waals surface area contributed by atoms with E-state index < -0.39 is 0 Å². The summed E-state index contributed by atoms with van der Waals surface area (Å²) in [5.74, 6) is 0. The van der Waals surface area contributed by atoms with Crippen molar-refractivity contribution in [2.45, 2.75) is 65.1 Å². The van der Waals surface area contributed by atoms with E-state index in [1.807, 2.05) is 0 Å². The molecule has 0 aliphatic heterocycles. The summed E-state index contributed by atoms with van der Waals surface area (Å²) < 4.78 is 10.5. The number of ether oxygens (including phenoxy) is 1. The number of aromatic nitrogens is 2. The number of hydrogen-bond donors (Lipinski definition) is 0. The van der Waals surface area contributed by atoms with Crippen molar-refractivity contribution in [3.05, 3.63) is 66.5 Å². The highest BCUT2D eigenvalue weighted by atomic mass is 16.5. The van der Waals surface area contributed by atoms with Crippen LogP contribution in [0.1, 0.15) is 57.4 Å². The van der Waals surface area contributed by atoms with Crippen LogP contribution in [0.5, 0.6) is 0 Å². The van der Waals surface area contributed by atoms with Gasteiger partial charge < -0.3 is 4.74 Å². The minimum absolute atomic E-state index is 0.623. The molecule has 3 heteroatoms. The molecule has 0 aliphatic rings. The lowest BCUT2D eigenvalue weighted by atomic mass is 10.1. The van der Waals surface area contributed by atoms with Gasteiger partial charge in [-0.05, 0) is 24.1 Å². The lowest BCUT2D eigenvalue weighted by molar-refractivity contribution is -0.663. The fraction of sp³-hybridized carbons (Fsp3) is 0.458. The van der Waals surface area contributed by atoms with Crippen LogP contribution < -0.4 is 4.57 Å². The number of nitrogens with zero attached hydrogens (tertiary/aromatic N) is 2. The van der Waals surface area contributed by atoms with Gasteiger partial charge in [-0.1, -0.05) is 87.9 Å². The van der Waals surface area contributed by atoms with E-state index in [0.29, 0.717) is 6.73 Å². The van der Waals surface area contributed by atoms with E-state index >= 15 is 0 Å². The molecule has 27 heavy (non-hydrogen) atoms. The van der Waals surface area contributed by atoms with Gasteiger partial charge in [0.05, 0.1) is 6.61 Å². The van der Waals surface area contributed by atoms with Crippen molar-refractivity contribution >= 4 is 11.0 Å². The van der Waals surface area contributed by atoms with Gasteiger partial charge in [0, 0.05) is 0 Å². The first kappa shape index (κ1) is 19.6. The number of rotatable bonds is 12. The molecule has 0 fully saturated rings. The summed E-state index contributed by atoms with van der Waals surface area (Å²) in [6.07, 6.45) is 11.4. The first-order chi connectivity index (χ1) is 13.4. The molecule has 0 unspecified atom stereocenters. The molecule has 1 aromatic heterocycles. The standard InChI is InChI=1S/C24H33N2O/c1-2-3-4-5-6-7-13-18-27-21-26-20-25(19-22-14-9-8-10-15-22)23-16-11-12-17-24(23)26/h8-12,14-17,20H,2-7,13,18-19,21H2,1H3/q+1. The van der Waals surface area contributed by atoms with Gasteiger partial charge in [0.1, 0.15) is 6.54 Å². The number of unbranched alkanes of at least 4 members (excludes halogenated alkanes) is 6. The molecule has 0 spiro atoms. The van der Waals surface area contributed by atoms with E-state index in [-0.39, 0.29) is 0 Å². The largest absolute Gasteiger partial charge is 0.342 e. The third kappa shape index (κ3) is 5.93. The van der Waals surface area contributed by atoms with Crippen LogP contribution in [-0.2, 0) is 18.0 Å². The molecule has 0 bridgehead atoms. The highest BCUT2D eigenvalue weighted by molar-refractivity contribution is 5.71. The zero-order valence-electron chi connectivity index (χ0n) is 16.6. The Bertz CT molecular complexity index is 795. The van der Waals surface area contributed by atoms with E-state index in [9.17, 15) is 0 Å². The van der Waals surface area contributed by atoms with E-state index in [4.69, 9.17) is 4.74 Å². The minimum atomic E-state index is 0.623. The molecule has 3 rings (SSSR count). The maximum Gasteiger partial charge on any atom is 0.246 e. The van der Waals surface area contributed by atoms with Gasteiger partial charge in [0.2, 0.25) is 6.33 Å². The molecule has 2 aromatic carbocycles. The molecular weight excluding hydrogens is 332 g/mol. The number of benzene rings is 2. The quantitative estimate of drug-likeness (QED) is 0.297. The second kappa shape index (κ2) is 10.9. The normalized spacial score (nSPS) is 11.3. The summed E-state index contributed by atoms with van der Waals surface area (Å²) in [6, 6.07) is 19.2. The zero-order valence-corrected chi connectivity index (χ0v) is 16.6. The number of para-hydroxylation sites is 2. The Balaban J connectivity index is 1.51. The maximum absolute atomic E-state index is 5.97. The molecule has 0 saturated carbocycles. The smallest absolute Gasteiger partial charge is 0.246 e. The van der Waals surface area contributed by atoms with E-state index in [1.165, 1.54) is 55.1 Å². The average Bonchev–Trinajstić information content (AvgIpc) is 3.05. The molecule has 0 aliphatic carbocycles. The van der Waals surface area contributed by atoms with E-state index in [2.05, 4.69) is 77.0 Å². The van der Waals surface area contributed by atoms with Gasteiger partial charge >= 0.3 is 0 Å². The van der Waals surface area contributed by atoms with Crippen LogP contribution in [-0.4, -0.2) is 11.2 Å². The highest BCUT2D eigenvalue weighted by Gasteiger charge is 2.15. The number of fused-ring (bicyclic) bond motifs is 1. The molecule has 0 saturated heterocycles. The van der Waals surface area contributed by atoms with Crippen molar-refractivity contribution in [1.29, 1.82) is 0 Å². The van der Waals surface area contributed by atoms with Crippen LogP contribution in [0.4, 0.5) is 0 Å². The molecule has 3 aromatic rings. The van der Waals surface area contributed by atoms with Crippen LogP contribution in [0.15, 0.2) is 60.9 Å². The Labute approximate surface area is 163 Å². The van der Waals surface area contributed by atoms with Crippen molar-refractivity contribution in [2.24, 2.45) is 0 Å². The first-order valence-electron chi connectivity index (χ1n) is 10.5. The second-order valence-corrected chi connectivity index (χ2v) is 7.35. The van der Waals surface area contributed by atoms with Crippen LogP contribution in [0.2, 0.25) is 0 Å². The Morgan fingerprint density at radius 3 is 2.33 bits per heavy atom. The summed E-state index contributed by atoms with van der Waals surface area (Å²) in [5, 5.41) is 0. The Kier molecular flexibility index (Phi) is 7.91. The summed E-state index contributed by atoms with van der Waals surface area (Å²) >= 11 is 0. The van der Waals surface area contributed by atoms with Crippen LogP contribution in [0, 0.1) is 0 Å². The zero-order chi connectivity index (χ0) is 18.7. The Morgan fingerprint density at radius 2 is 1.52 bits per heavy atom. The molecular formula is C24H33N2O+. The van der Waals surface area contributed by atoms with Crippen molar-refractivity contribution in [2.75, 3.05) is 6.61 Å². The maximum atomic E-state index is 5.97. The monoisotopic (exact) mass is 365 g/mol. The minimum Gasteiger partial charge on any atom is -0.342 e. The van der Waals surface area contributed by atoms with Gasteiger partial charge in [-0.25, -0.2) is 9.13 Å². The van der Waals surface area contributed by atoms with Crippen LogP contribution in [0.3, 0.4) is 0 Å². The fourth-order valence-corrected chi connectivity index (χ4v) is 3.58. The van der Waals surface area contributed by atoms with Gasteiger partial charge in [-0.15, -0.1) is 0 Å². The molecule has 3 nitrogen and oxygen atoms in total. The summed E-state index contributed by atoms with van der Waals surface area (Å²) in [6.45, 7) is 4.62. The summed E-state index contributed by atoms with van der Waals surface area (Å²) in [7, 11) is 0. The SMILES string of the molecule is CCCCCCCCCOCn1c[n+](Cc2ccccc2)c2ccccc21. The fourth-order valence-electron chi connectivity index (χ4n) is 3.58. The summed E-state index contributed by atoms with van der Waals surface area (Å²) in [5.41, 5.74) is 3.79. The van der Waals surface area contributed by atoms with Gasteiger partial charge in [0.25, 0.3) is 0 Å². The molecule has 0 radical (unpaired) electrons.